The SMILES string of the molecule is CC.CNS(=O)(=O)c1ccccc1. The Morgan fingerprint density at radius 2 is 1.54 bits per heavy atom. The van der Waals surface area contributed by atoms with Gasteiger partial charge in [0.2, 0.25) is 10.0 Å². The van der Waals surface area contributed by atoms with Crippen molar-refractivity contribution >= 4 is 10.0 Å². The third-order valence-corrected chi connectivity index (χ3v) is 2.75. The minimum atomic E-state index is -3.25. The van der Waals surface area contributed by atoms with Crippen molar-refractivity contribution in [3.05, 3.63) is 30.3 Å². The molecule has 1 rings (SSSR count). The molecular weight excluding hydrogens is 186 g/mol. The zero-order valence-corrected chi connectivity index (χ0v) is 8.93. The Kier molecular flexibility index (Phi) is 5.34. The summed E-state index contributed by atoms with van der Waals surface area (Å²) in [4.78, 5) is 0.294. The van der Waals surface area contributed by atoms with Crippen LogP contribution < -0.4 is 4.72 Å². The largest absolute Gasteiger partial charge is 0.240 e. The fraction of sp³-hybridized carbons (Fsp3) is 0.333. The molecule has 0 atom stereocenters. The molecule has 0 aliphatic rings. The Bertz CT molecular complexity index is 319. The van der Waals surface area contributed by atoms with E-state index in [0.717, 1.165) is 0 Å². The van der Waals surface area contributed by atoms with Gasteiger partial charge in [0.05, 0.1) is 4.90 Å². The van der Waals surface area contributed by atoms with E-state index in [1.807, 2.05) is 13.8 Å². The van der Waals surface area contributed by atoms with E-state index in [-0.39, 0.29) is 0 Å². The molecule has 0 bridgehead atoms. The van der Waals surface area contributed by atoms with Gasteiger partial charge in [-0.2, -0.15) is 0 Å². The molecular formula is C9H15NO2S. The second kappa shape index (κ2) is 5.72. The summed E-state index contributed by atoms with van der Waals surface area (Å²) in [6, 6.07) is 8.24. The smallest absolute Gasteiger partial charge is 0.214 e. The third-order valence-electron chi connectivity index (χ3n) is 1.32. The Balaban J connectivity index is 0.000000671. The molecule has 13 heavy (non-hydrogen) atoms. The van der Waals surface area contributed by atoms with E-state index < -0.39 is 10.0 Å². The van der Waals surface area contributed by atoms with Crippen molar-refractivity contribution in [2.24, 2.45) is 0 Å². The molecule has 1 aromatic carbocycles. The highest BCUT2D eigenvalue weighted by molar-refractivity contribution is 7.89. The van der Waals surface area contributed by atoms with E-state index >= 15 is 0 Å². The lowest BCUT2D eigenvalue weighted by atomic mass is 10.4. The standard InChI is InChI=1S/C7H9NO2S.C2H6/c1-8-11(9,10)7-5-3-2-4-6-7;1-2/h2-6,8H,1H3;1-2H3. The average molecular weight is 201 g/mol. The first-order valence-electron chi connectivity index (χ1n) is 4.15. The van der Waals surface area contributed by atoms with Gasteiger partial charge in [-0.25, -0.2) is 13.1 Å². The zero-order chi connectivity index (χ0) is 10.3. The van der Waals surface area contributed by atoms with Crippen molar-refractivity contribution < 1.29 is 8.42 Å². The summed E-state index contributed by atoms with van der Waals surface area (Å²) in [7, 11) is -1.86. The van der Waals surface area contributed by atoms with E-state index in [2.05, 4.69) is 4.72 Å². The van der Waals surface area contributed by atoms with Crippen LogP contribution in [0.3, 0.4) is 0 Å². The summed E-state index contributed by atoms with van der Waals surface area (Å²) >= 11 is 0. The molecule has 0 aromatic heterocycles. The second-order valence-corrected chi connectivity index (χ2v) is 3.91. The van der Waals surface area contributed by atoms with Crippen LogP contribution in [0.2, 0.25) is 0 Å². The highest BCUT2D eigenvalue weighted by Crippen LogP contribution is 2.05. The predicted octanol–water partition coefficient (Wildman–Crippen LogP) is 1.62. The maximum Gasteiger partial charge on any atom is 0.240 e. The van der Waals surface area contributed by atoms with E-state index in [0.29, 0.717) is 4.90 Å². The third kappa shape index (κ3) is 3.57. The van der Waals surface area contributed by atoms with Crippen molar-refractivity contribution in [1.29, 1.82) is 0 Å². The first-order chi connectivity index (χ1) is 6.17. The van der Waals surface area contributed by atoms with Gasteiger partial charge in [-0.3, -0.25) is 0 Å². The normalized spacial score (nSPS) is 10.1. The Labute approximate surface area is 79.8 Å². The number of hydrogen-bond acceptors (Lipinski definition) is 2. The van der Waals surface area contributed by atoms with Crippen LogP contribution in [0.15, 0.2) is 35.2 Å². The van der Waals surface area contributed by atoms with Crippen LogP contribution >= 0.6 is 0 Å². The lowest BCUT2D eigenvalue weighted by molar-refractivity contribution is 0.588. The van der Waals surface area contributed by atoms with Gasteiger partial charge in [0.15, 0.2) is 0 Å². The minimum Gasteiger partial charge on any atom is -0.214 e. The molecule has 0 aliphatic carbocycles. The number of rotatable bonds is 2. The molecule has 1 N–H and O–H groups in total. The summed E-state index contributed by atoms with van der Waals surface area (Å²) in [6.45, 7) is 4.00. The fourth-order valence-corrected chi connectivity index (χ4v) is 1.47. The average Bonchev–Trinajstić information content (AvgIpc) is 2.22. The van der Waals surface area contributed by atoms with Crippen LogP contribution in [0.1, 0.15) is 13.8 Å². The molecule has 4 heteroatoms. The summed E-state index contributed by atoms with van der Waals surface area (Å²) in [5, 5.41) is 0. The monoisotopic (exact) mass is 201 g/mol. The quantitative estimate of drug-likeness (QED) is 0.790. The molecule has 0 saturated carbocycles. The van der Waals surface area contributed by atoms with Crippen molar-refractivity contribution in [2.75, 3.05) is 7.05 Å². The molecule has 0 unspecified atom stereocenters. The maximum absolute atomic E-state index is 11.1. The molecule has 0 amide bonds. The molecule has 0 aliphatic heterocycles. The van der Waals surface area contributed by atoms with Gasteiger partial charge >= 0.3 is 0 Å². The van der Waals surface area contributed by atoms with Crippen LogP contribution in [0.25, 0.3) is 0 Å². The zero-order valence-electron chi connectivity index (χ0n) is 8.11. The Morgan fingerprint density at radius 1 is 1.08 bits per heavy atom. The van der Waals surface area contributed by atoms with Crippen LogP contribution in [0.5, 0.6) is 0 Å². The fourth-order valence-electron chi connectivity index (χ4n) is 0.717. The maximum atomic E-state index is 11.1. The van der Waals surface area contributed by atoms with Crippen LogP contribution in [-0.4, -0.2) is 15.5 Å². The number of nitrogens with one attached hydrogen (secondary N) is 1. The van der Waals surface area contributed by atoms with Gasteiger partial charge in [0, 0.05) is 0 Å². The molecule has 0 heterocycles. The molecule has 0 radical (unpaired) electrons. The van der Waals surface area contributed by atoms with Gasteiger partial charge in [-0.1, -0.05) is 32.0 Å². The highest BCUT2D eigenvalue weighted by atomic mass is 32.2. The van der Waals surface area contributed by atoms with Gasteiger partial charge in [0.25, 0.3) is 0 Å². The summed E-state index contributed by atoms with van der Waals surface area (Å²) in [5.74, 6) is 0. The lowest BCUT2D eigenvalue weighted by Gasteiger charge is -1.99. The number of hydrogen-bond donors (Lipinski definition) is 1. The van der Waals surface area contributed by atoms with E-state index in [1.165, 1.54) is 7.05 Å². The highest BCUT2D eigenvalue weighted by Gasteiger charge is 2.08. The van der Waals surface area contributed by atoms with Crippen LogP contribution in [0.4, 0.5) is 0 Å². The van der Waals surface area contributed by atoms with Crippen molar-refractivity contribution in [2.45, 2.75) is 18.7 Å². The topological polar surface area (TPSA) is 46.2 Å². The van der Waals surface area contributed by atoms with E-state index in [9.17, 15) is 8.42 Å². The molecule has 74 valence electrons. The van der Waals surface area contributed by atoms with Gasteiger partial charge in [-0.05, 0) is 19.2 Å². The van der Waals surface area contributed by atoms with Gasteiger partial charge in [0.1, 0.15) is 0 Å². The van der Waals surface area contributed by atoms with E-state index in [4.69, 9.17) is 0 Å². The number of benzene rings is 1. The Morgan fingerprint density at radius 3 is 1.92 bits per heavy atom. The molecule has 3 nitrogen and oxygen atoms in total. The summed E-state index contributed by atoms with van der Waals surface area (Å²) < 4.78 is 24.4. The van der Waals surface area contributed by atoms with Crippen molar-refractivity contribution in [3.8, 4) is 0 Å². The molecule has 1 aromatic rings. The minimum absolute atomic E-state index is 0.294. The molecule has 0 saturated heterocycles. The van der Waals surface area contributed by atoms with Gasteiger partial charge < -0.3 is 0 Å². The van der Waals surface area contributed by atoms with Crippen molar-refractivity contribution in [1.82, 2.24) is 4.72 Å². The Hall–Kier alpha value is -0.870. The van der Waals surface area contributed by atoms with E-state index in [1.54, 1.807) is 30.3 Å². The lowest BCUT2D eigenvalue weighted by Crippen LogP contribution is -2.18. The van der Waals surface area contributed by atoms with Crippen LogP contribution in [-0.2, 0) is 10.0 Å². The molecule has 0 fully saturated rings. The summed E-state index contributed by atoms with van der Waals surface area (Å²) in [6.07, 6.45) is 0. The second-order valence-electron chi connectivity index (χ2n) is 2.02. The summed E-state index contributed by atoms with van der Waals surface area (Å²) in [5.41, 5.74) is 0. The van der Waals surface area contributed by atoms with Crippen molar-refractivity contribution in [3.63, 3.8) is 0 Å². The molecule has 0 spiro atoms. The van der Waals surface area contributed by atoms with Gasteiger partial charge in [-0.15, -0.1) is 0 Å². The first-order valence-corrected chi connectivity index (χ1v) is 5.64. The predicted molar refractivity (Wildman–Crippen MR) is 54.0 cm³/mol. The number of sulfonamides is 1. The first kappa shape index (κ1) is 12.1. The van der Waals surface area contributed by atoms with Crippen LogP contribution in [0, 0.1) is 0 Å².